The first-order valence-electron chi connectivity index (χ1n) is 5.18. The van der Waals surface area contributed by atoms with Crippen LogP contribution in [-0.2, 0) is 0 Å². The zero-order valence-electron chi connectivity index (χ0n) is 9.53. The Kier molecular flexibility index (Phi) is 3.15. The molecule has 1 aromatic heterocycles. The van der Waals surface area contributed by atoms with Gasteiger partial charge in [-0.2, -0.15) is 5.26 Å². The van der Waals surface area contributed by atoms with E-state index in [1.165, 1.54) is 0 Å². The minimum absolute atomic E-state index is 0.0218. The van der Waals surface area contributed by atoms with Crippen LogP contribution in [0.3, 0.4) is 0 Å². The SMILES string of the molecule is CC(C)(C#N)N1CC(c2ccc(Br)s2)NC1=O. The first-order chi connectivity index (χ1) is 7.94. The summed E-state index contributed by atoms with van der Waals surface area (Å²) in [6.45, 7) is 4.03. The van der Waals surface area contributed by atoms with Crippen molar-refractivity contribution in [2.75, 3.05) is 6.54 Å². The van der Waals surface area contributed by atoms with Gasteiger partial charge in [-0.05, 0) is 41.9 Å². The molecule has 1 fully saturated rings. The van der Waals surface area contributed by atoms with Gasteiger partial charge in [-0.25, -0.2) is 4.79 Å². The van der Waals surface area contributed by atoms with E-state index >= 15 is 0 Å². The number of thiophene rings is 1. The number of urea groups is 1. The summed E-state index contributed by atoms with van der Waals surface area (Å²) in [5.41, 5.74) is -0.771. The Morgan fingerprint density at radius 2 is 2.35 bits per heavy atom. The summed E-state index contributed by atoms with van der Waals surface area (Å²) in [6, 6.07) is 5.90. The predicted molar refractivity (Wildman–Crippen MR) is 69.7 cm³/mol. The van der Waals surface area contributed by atoms with Crippen molar-refractivity contribution in [2.45, 2.75) is 25.4 Å². The lowest BCUT2D eigenvalue weighted by Crippen LogP contribution is -2.44. The first-order valence-corrected chi connectivity index (χ1v) is 6.79. The van der Waals surface area contributed by atoms with Gasteiger partial charge in [0.2, 0.25) is 0 Å². The normalized spacial score (nSPS) is 20.2. The molecular formula is C11H12BrN3OS. The largest absolute Gasteiger partial charge is 0.329 e. The topological polar surface area (TPSA) is 56.1 Å². The minimum atomic E-state index is -0.771. The van der Waals surface area contributed by atoms with Gasteiger partial charge >= 0.3 is 6.03 Å². The first kappa shape index (κ1) is 12.4. The number of nitrogens with one attached hydrogen (secondary N) is 1. The van der Waals surface area contributed by atoms with Crippen LogP contribution in [0, 0.1) is 11.3 Å². The van der Waals surface area contributed by atoms with Gasteiger partial charge in [0.15, 0.2) is 0 Å². The zero-order chi connectivity index (χ0) is 12.6. The molecule has 1 aliphatic rings. The molecule has 1 saturated heterocycles. The summed E-state index contributed by atoms with van der Waals surface area (Å²) < 4.78 is 1.04. The van der Waals surface area contributed by atoms with Gasteiger partial charge < -0.3 is 10.2 Å². The summed E-state index contributed by atoms with van der Waals surface area (Å²) in [6.07, 6.45) is 0. The van der Waals surface area contributed by atoms with Crippen LogP contribution >= 0.6 is 27.3 Å². The highest BCUT2D eigenvalue weighted by Gasteiger charge is 2.39. The average molecular weight is 314 g/mol. The van der Waals surface area contributed by atoms with Crippen LogP contribution in [0.4, 0.5) is 4.79 Å². The molecule has 2 heterocycles. The predicted octanol–water partition coefficient (Wildman–Crippen LogP) is 2.88. The summed E-state index contributed by atoms with van der Waals surface area (Å²) >= 11 is 5.00. The maximum Gasteiger partial charge on any atom is 0.319 e. The number of halogens is 1. The van der Waals surface area contributed by atoms with Crippen LogP contribution in [0.5, 0.6) is 0 Å². The highest BCUT2D eigenvalue weighted by molar-refractivity contribution is 9.11. The molecule has 0 saturated carbocycles. The van der Waals surface area contributed by atoms with Crippen LogP contribution in [0.2, 0.25) is 0 Å². The van der Waals surface area contributed by atoms with E-state index in [0.29, 0.717) is 6.54 Å². The van der Waals surface area contributed by atoms with E-state index in [-0.39, 0.29) is 12.1 Å². The van der Waals surface area contributed by atoms with Gasteiger partial charge in [0.05, 0.1) is 15.9 Å². The van der Waals surface area contributed by atoms with Crippen molar-refractivity contribution in [2.24, 2.45) is 0 Å². The smallest absolute Gasteiger partial charge is 0.319 e. The second-order valence-corrected chi connectivity index (χ2v) is 6.92. The zero-order valence-corrected chi connectivity index (χ0v) is 11.9. The van der Waals surface area contributed by atoms with Crippen molar-refractivity contribution >= 4 is 33.3 Å². The molecule has 1 unspecified atom stereocenters. The van der Waals surface area contributed by atoms with Crippen molar-refractivity contribution in [3.05, 3.63) is 20.8 Å². The molecule has 4 nitrogen and oxygen atoms in total. The van der Waals surface area contributed by atoms with Crippen LogP contribution < -0.4 is 5.32 Å². The van der Waals surface area contributed by atoms with Gasteiger partial charge in [0.1, 0.15) is 5.54 Å². The molecule has 1 aliphatic heterocycles. The molecule has 0 radical (unpaired) electrons. The van der Waals surface area contributed by atoms with E-state index < -0.39 is 5.54 Å². The fraction of sp³-hybridized carbons (Fsp3) is 0.455. The molecule has 1 aromatic rings. The van der Waals surface area contributed by atoms with E-state index in [1.54, 1.807) is 30.1 Å². The standard InChI is InChI=1S/C11H12BrN3OS/c1-11(2,6-13)15-5-7(14-10(15)16)8-3-4-9(12)17-8/h3-4,7H,5H2,1-2H3,(H,14,16). The second kappa shape index (κ2) is 4.31. The minimum Gasteiger partial charge on any atom is -0.329 e. The Morgan fingerprint density at radius 1 is 1.65 bits per heavy atom. The second-order valence-electron chi connectivity index (χ2n) is 4.43. The van der Waals surface area contributed by atoms with E-state index in [1.807, 2.05) is 12.1 Å². The molecule has 6 heteroatoms. The summed E-state index contributed by atoms with van der Waals surface area (Å²) in [4.78, 5) is 14.5. The third-order valence-corrected chi connectivity index (χ3v) is 4.53. The molecule has 0 bridgehead atoms. The highest BCUT2D eigenvalue weighted by atomic mass is 79.9. The van der Waals surface area contributed by atoms with Gasteiger partial charge in [-0.3, -0.25) is 0 Å². The van der Waals surface area contributed by atoms with E-state index in [4.69, 9.17) is 5.26 Å². The van der Waals surface area contributed by atoms with Gasteiger partial charge in [0.25, 0.3) is 0 Å². The molecule has 1 N–H and O–H groups in total. The summed E-state index contributed by atoms with van der Waals surface area (Å²) in [5, 5.41) is 12.0. The van der Waals surface area contributed by atoms with Crippen molar-refractivity contribution < 1.29 is 4.79 Å². The number of nitrogens with zero attached hydrogens (tertiary/aromatic N) is 2. The van der Waals surface area contributed by atoms with Gasteiger partial charge in [0, 0.05) is 11.4 Å². The van der Waals surface area contributed by atoms with E-state index in [0.717, 1.165) is 8.66 Å². The summed E-state index contributed by atoms with van der Waals surface area (Å²) in [5.74, 6) is 0. The van der Waals surface area contributed by atoms with Crippen LogP contribution in [-0.4, -0.2) is 23.0 Å². The highest BCUT2D eigenvalue weighted by Crippen LogP contribution is 2.32. The molecule has 90 valence electrons. The maximum absolute atomic E-state index is 11.8. The van der Waals surface area contributed by atoms with Crippen LogP contribution in [0.1, 0.15) is 24.8 Å². The maximum atomic E-state index is 11.8. The van der Waals surface area contributed by atoms with Crippen molar-refractivity contribution in [3.63, 3.8) is 0 Å². The Labute approximate surface area is 112 Å². The molecular weight excluding hydrogens is 302 g/mol. The molecule has 1 atom stereocenters. The number of rotatable bonds is 2. The number of hydrogen-bond acceptors (Lipinski definition) is 3. The molecule has 17 heavy (non-hydrogen) atoms. The van der Waals surface area contributed by atoms with Gasteiger partial charge in [-0.1, -0.05) is 0 Å². The third kappa shape index (κ3) is 2.31. The number of carbonyl (C=O) groups is 1. The van der Waals surface area contributed by atoms with Crippen molar-refractivity contribution in [1.82, 2.24) is 10.2 Å². The lowest BCUT2D eigenvalue weighted by Gasteiger charge is -2.27. The van der Waals surface area contributed by atoms with Crippen molar-refractivity contribution in [1.29, 1.82) is 5.26 Å². The quantitative estimate of drug-likeness (QED) is 0.912. The Hall–Kier alpha value is -1.06. The molecule has 2 rings (SSSR count). The molecule has 2 amide bonds. The lowest BCUT2D eigenvalue weighted by molar-refractivity contribution is 0.186. The average Bonchev–Trinajstić information content (AvgIpc) is 2.85. The lowest BCUT2D eigenvalue weighted by atomic mass is 10.1. The summed E-state index contributed by atoms with van der Waals surface area (Å²) in [7, 11) is 0. The Balaban J connectivity index is 2.18. The number of carbonyl (C=O) groups excluding carboxylic acids is 1. The Morgan fingerprint density at radius 3 is 2.88 bits per heavy atom. The third-order valence-electron chi connectivity index (χ3n) is 2.79. The van der Waals surface area contributed by atoms with E-state index in [2.05, 4.69) is 27.3 Å². The fourth-order valence-electron chi connectivity index (χ4n) is 1.76. The monoisotopic (exact) mass is 313 g/mol. The van der Waals surface area contributed by atoms with Crippen LogP contribution in [0.15, 0.2) is 15.9 Å². The molecule has 0 aromatic carbocycles. The van der Waals surface area contributed by atoms with Crippen molar-refractivity contribution in [3.8, 4) is 6.07 Å². The van der Waals surface area contributed by atoms with Crippen LogP contribution in [0.25, 0.3) is 0 Å². The van der Waals surface area contributed by atoms with Gasteiger partial charge in [-0.15, -0.1) is 11.3 Å². The number of amides is 2. The number of hydrogen-bond donors (Lipinski definition) is 1. The Bertz CT molecular complexity index is 491. The fourth-order valence-corrected chi connectivity index (χ4v) is 3.22. The van der Waals surface area contributed by atoms with E-state index in [9.17, 15) is 4.79 Å². The number of nitriles is 1. The molecule has 0 spiro atoms. The molecule has 0 aliphatic carbocycles.